The van der Waals surface area contributed by atoms with E-state index in [2.05, 4.69) is 10.6 Å². The van der Waals surface area contributed by atoms with Crippen molar-refractivity contribution in [2.75, 3.05) is 17.7 Å². The first kappa shape index (κ1) is 27.8. The first-order valence-corrected chi connectivity index (χ1v) is 12.3. The molecule has 0 aliphatic heterocycles. The zero-order valence-electron chi connectivity index (χ0n) is 20.0. The Hall–Kier alpha value is -4.75. The first-order chi connectivity index (χ1) is 18.0. The van der Waals surface area contributed by atoms with Gasteiger partial charge < -0.3 is 25.6 Å². The maximum atomic E-state index is 13.7. The largest absolute Gasteiger partial charge is 0.495 e. The number of amides is 2. The van der Waals surface area contributed by atoms with Crippen molar-refractivity contribution < 1.29 is 42.5 Å². The molecular formula is C25H23N3O9S. The van der Waals surface area contributed by atoms with Gasteiger partial charge in [0.05, 0.1) is 7.11 Å². The molecule has 0 fully saturated rings. The van der Waals surface area contributed by atoms with E-state index in [0.29, 0.717) is 11.1 Å². The van der Waals surface area contributed by atoms with E-state index in [4.69, 9.17) is 14.9 Å². The van der Waals surface area contributed by atoms with Crippen molar-refractivity contribution in [3.63, 3.8) is 0 Å². The molecule has 0 bridgehead atoms. The third-order valence-corrected chi connectivity index (χ3v) is 7.05. The zero-order chi connectivity index (χ0) is 27.9. The molecule has 0 unspecified atom stereocenters. The lowest BCUT2D eigenvalue weighted by Gasteiger charge is -2.24. The molecule has 0 aromatic heterocycles. The number of hydrogen-bond acceptors (Lipinski definition) is 7. The smallest absolute Gasteiger partial charge is 0.394 e. The molecule has 3 rings (SSSR count). The number of nitrogens with one attached hydrogen (secondary N) is 2. The fourth-order valence-electron chi connectivity index (χ4n) is 3.36. The fraction of sp³-hybridized carbons (Fsp3) is 0.120. The summed E-state index contributed by atoms with van der Waals surface area (Å²) in [7, 11) is -2.75. The van der Waals surface area contributed by atoms with Gasteiger partial charge in [-0.2, -0.15) is 4.31 Å². The maximum absolute atomic E-state index is 13.7. The highest BCUT2D eigenvalue weighted by Crippen LogP contribution is 2.29. The van der Waals surface area contributed by atoms with Gasteiger partial charge in [0.15, 0.2) is 0 Å². The molecule has 12 nitrogen and oxygen atoms in total. The number of sulfonamides is 1. The van der Waals surface area contributed by atoms with Crippen LogP contribution >= 0.6 is 0 Å². The quantitative estimate of drug-likeness (QED) is 0.295. The van der Waals surface area contributed by atoms with E-state index >= 15 is 0 Å². The molecule has 3 aromatic carbocycles. The average Bonchev–Trinajstić information content (AvgIpc) is 2.90. The number of methoxy groups -OCH3 is 1. The van der Waals surface area contributed by atoms with Crippen molar-refractivity contribution in [2.24, 2.45) is 0 Å². The molecule has 13 heteroatoms. The lowest BCUT2D eigenvalue weighted by Crippen LogP contribution is -2.30. The van der Waals surface area contributed by atoms with E-state index in [1.54, 1.807) is 36.4 Å². The number of carbonyl (C=O) groups is 4. The van der Waals surface area contributed by atoms with Crippen LogP contribution in [0.1, 0.15) is 11.1 Å². The van der Waals surface area contributed by atoms with Crippen molar-refractivity contribution in [1.29, 1.82) is 0 Å². The van der Waals surface area contributed by atoms with E-state index < -0.39 is 33.8 Å². The van der Waals surface area contributed by atoms with E-state index in [-0.39, 0.29) is 35.1 Å². The van der Waals surface area contributed by atoms with E-state index in [0.717, 1.165) is 0 Å². The first-order valence-electron chi connectivity index (χ1n) is 10.9. The van der Waals surface area contributed by atoms with Crippen LogP contribution in [-0.2, 0) is 42.3 Å². The van der Waals surface area contributed by atoms with E-state index in [1.807, 2.05) is 0 Å². The number of carbonyl (C=O) groups excluding carboxylic acids is 2. The van der Waals surface area contributed by atoms with E-state index in [1.165, 1.54) is 47.8 Å². The lowest BCUT2D eigenvalue weighted by molar-refractivity contribution is -0.147. The number of nitrogens with zero attached hydrogens (tertiary/aromatic N) is 1. The fourth-order valence-corrected chi connectivity index (χ4v) is 4.93. The topological polar surface area (TPSA) is 179 Å². The average molecular weight is 542 g/mol. The minimum Gasteiger partial charge on any atom is -0.495 e. The van der Waals surface area contributed by atoms with Gasteiger partial charge in [0, 0.05) is 24.5 Å². The molecule has 0 aliphatic rings. The SMILES string of the molecule is COc1ccccc1S(=O)(=O)N(Cc1ccc(NC(=O)C(=O)O)cc1)Cc1ccc(NC(=O)C(=O)O)cc1. The predicted octanol–water partition coefficient (Wildman–Crippen LogP) is 2.13. The molecule has 0 heterocycles. The van der Waals surface area contributed by atoms with Crippen molar-refractivity contribution in [3.8, 4) is 5.75 Å². The van der Waals surface area contributed by atoms with Gasteiger partial charge in [-0.15, -0.1) is 0 Å². The summed E-state index contributed by atoms with van der Waals surface area (Å²) in [5, 5.41) is 21.9. The Morgan fingerprint density at radius 2 is 1.16 bits per heavy atom. The number of rotatable bonds is 9. The Labute approximate surface area is 217 Å². The van der Waals surface area contributed by atoms with Gasteiger partial charge in [-0.3, -0.25) is 9.59 Å². The summed E-state index contributed by atoms with van der Waals surface area (Å²) in [6, 6.07) is 18.1. The van der Waals surface area contributed by atoms with Crippen LogP contribution in [0.15, 0.2) is 77.7 Å². The molecule has 0 radical (unpaired) electrons. The Bertz CT molecular complexity index is 1380. The molecule has 0 saturated carbocycles. The Morgan fingerprint density at radius 1 is 0.737 bits per heavy atom. The number of benzene rings is 3. The van der Waals surface area contributed by atoms with Crippen molar-refractivity contribution >= 4 is 45.2 Å². The number of ether oxygens (including phenoxy) is 1. The summed E-state index contributed by atoms with van der Waals surface area (Å²) in [4.78, 5) is 44.2. The highest BCUT2D eigenvalue weighted by atomic mass is 32.2. The van der Waals surface area contributed by atoms with Crippen LogP contribution in [0, 0.1) is 0 Å². The summed E-state index contributed by atoms with van der Waals surface area (Å²) in [6.07, 6.45) is 0. The molecular weight excluding hydrogens is 518 g/mol. The lowest BCUT2D eigenvalue weighted by atomic mass is 10.1. The van der Waals surface area contributed by atoms with Gasteiger partial charge in [-0.1, -0.05) is 36.4 Å². The molecule has 0 aliphatic carbocycles. The van der Waals surface area contributed by atoms with Crippen LogP contribution < -0.4 is 15.4 Å². The Morgan fingerprint density at radius 3 is 1.55 bits per heavy atom. The van der Waals surface area contributed by atoms with Crippen molar-refractivity contribution in [2.45, 2.75) is 18.0 Å². The van der Waals surface area contributed by atoms with Crippen molar-refractivity contribution in [1.82, 2.24) is 4.31 Å². The second-order valence-electron chi connectivity index (χ2n) is 7.84. The second-order valence-corrected chi connectivity index (χ2v) is 9.74. The van der Waals surface area contributed by atoms with Crippen molar-refractivity contribution in [3.05, 3.63) is 83.9 Å². The number of para-hydroxylation sites is 1. The summed E-state index contributed by atoms with van der Waals surface area (Å²) < 4.78 is 33.8. The van der Waals surface area contributed by atoms with Crippen LogP contribution in [0.5, 0.6) is 5.75 Å². The summed E-state index contributed by atoms with van der Waals surface area (Å²) in [5.41, 5.74) is 1.53. The van der Waals surface area contributed by atoms with Gasteiger partial charge in [0.1, 0.15) is 10.6 Å². The van der Waals surface area contributed by atoms with Crippen LogP contribution in [-0.4, -0.2) is 53.8 Å². The van der Waals surface area contributed by atoms with Crippen LogP contribution in [0.25, 0.3) is 0 Å². The number of carboxylic acid groups (broad SMARTS) is 2. The minimum atomic E-state index is -4.11. The molecule has 2 amide bonds. The summed E-state index contributed by atoms with van der Waals surface area (Å²) >= 11 is 0. The molecule has 38 heavy (non-hydrogen) atoms. The molecule has 198 valence electrons. The molecule has 0 spiro atoms. The predicted molar refractivity (Wildman–Crippen MR) is 135 cm³/mol. The molecule has 3 aromatic rings. The highest BCUT2D eigenvalue weighted by molar-refractivity contribution is 7.89. The van der Waals surface area contributed by atoms with Gasteiger partial charge in [0.25, 0.3) is 0 Å². The normalized spacial score (nSPS) is 11.0. The summed E-state index contributed by atoms with van der Waals surface area (Å²) in [5.74, 6) is -5.55. The third kappa shape index (κ3) is 6.93. The molecule has 0 saturated heterocycles. The summed E-state index contributed by atoms with van der Waals surface area (Å²) in [6.45, 7) is -0.184. The molecule has 4 N–H and O–H groups in total. The molecule has 0 atom stereocenters. The van der Waals surface area contributed by atoms with Gasteiger partial charge in [0.2, 0.25) is 10.0 Å². The van der Waals surface area contributed by atoms with Crippen LogP contribution in [0.3, 0.4) is 0 Å². The monoisotopic (exact) mass is 541 g/mol. The highest BCUT2D eigenvalue weighted by Gasteiger charge is 2.28. The third-order valence-electron chi connectivity index (χ3n) is 5.22. The standard InChI is InChI=1S/C25H23N3O9S/c1-37-20-4-2-3-5-21(20)38(35,36)28(14-16-6-10-18(11-7-16)26-22(29)24(31)32)15-17-8-12-19(13-9-17)27-23(30)25(33)34/h2-13H,14-15H2,1H3,(H,26,29)(H,27,30)(H,31,32)(H,33,34). The Balaban J connectivity index is 1.91. The number of anilines is 2. The van der Waals surface area contributed by atoms with E-state index in [9.17, 15) is 27.6 Å². The number of carboxylic acids is 2. The minimum absolute atomic E-state index is 0.0572. The maximum Gasteiger partial charge on any atom is 0.394 e. The second kappa shape index (κ2) is 12.0. The van der Waals surface area contributed by atoms with Gasteiger partial charge >= 0.3 is 23.8 Å². The number of hydrogen-bond donors (Lipinski definition) is 4. The van der Waals surface area contributed by atoms with Crippen LogP contribution in [0.2, 0.25) is 0 Å². The van der Waals surface area contributed by atoms with Gasteiger partial charge in [-0.25, -0.2) is 18.0 Å². The number of aliphatic carboxylic acids is 2. The Kier molecular flexibility index (Phi) is 8.78. The van der Waals surface area contributed by atoms with Gasteiger partial charge in [-0.05, 0) is 47.5 Å². The zero-order valence-corrected chi connectivity index (χ0v) is 20.8. The van der Waals surface area contributed by atoms with Crippen LogP contribution in [0.4, 0.5) is 11.4 Å².